The van der Waals surface area contributed by atoms with E-state index in [0.717, 1.165) is 51.1 Å². The summed E-state index contributed by atoms with van der Waals surface area (Å²) in [5, 5.41) is 3.03. The lowest BCUT2D eigenvalue weighted by Gasteiger charge is -2.22. The van der Waals surface area contributed by atoms with Crippen molar-refractivity contribution in [2.75, 3.05) is 62.1 Å². The molecule has 0 amide bonds. The highest BCUT2D eigenvalue weighted by molar-refractivity contribution is 5.45. The second-order valence-corrected chi connectivity index (χ2v) is 5.24. The van der Waals surface area contributed by atoms with Crippen LogP contribution in [0.3, 0.4) is 0 Å². The molecule has 118 valence electrons. The second kappa shape index (κ2) is 7.40. The van der Waals surface area contributed by atoms with Gasteiger partial charge in [0.15, 0.2) is 0 Å². The van der Waals surface area contributed by atoms with E-state index in [1.807, 2.05) is 7.05 Å². The fraction of sp³-hybridized carbons (Fsp3) is 0.786. The van der Waals surface area contributed by atoms with Crippen molar-refractivity contribution in [1.29, 1.82) is 0 Å². The van der Waals surface area contributed by atoms with Gasteiger partial charge in [0.05, 0.1) is 6.61 Å². The molecule has 0 radical (unpaired) electrons. The first kappa shape index (κ1) is 15.8. The first-order valence-corrected chi connectivity index (χ1v) is 7.64. The third-order valence-electron chi connectivity index (χ3n) is 3.85. The van der Waals surface area contributed by atoms with E-state index in [-0.39, 0.29) is 0 Å². The molecule has 21 heavy (non-hydrogen) atoms. The van der Waals surface area contributed by atoms with Crippen LogP contribution in [-0.4, -0.2) is 61.9 Å². The maximum atomic E-state index is 5.25. The molecule has 1 unspecified atom stereocenters. The van der Waals surface area contributed by atoms with Crippen LogP contribution in [0.4, 0.5) is 17.8 Å². The van der Waals surface area contributed by atoms with Gasteiger partial charge >= 0.3 is 0 Å². The lowest BCUT2D eigenvalue weighted by atomic mass is 10.1. The van der Waals surface area contributed by atoms with Crippen molar-refractivity contribution in [2.24, 2.45) is 5.92 Å². The number of ether oxygens (including phenoxy) is 1. The minimum absolute atomic E-state index is 0.557. The van der Waals surface area contributed by atoms with Crippen molar-refractivity contribution >= 4 is 17.8 Å². The molecule has 2 rings (SSSR count). The molecule has 1 saturated heterocycles. The van der Waals surface area contributed by atoms with Crippen molar-refractivity contribution in [3.8, 4) is 0 Å². The van der Waals surface area contributed by atoms with Gasteiger partial charge in [-0.05, 0) is 20.3 Å². The first-order valence-electron chi connectivity index (χ1n) is 7.64. The summed E-state index contributed by atoms with van der Waals surface area (Å²) in [6, 6.07) is 0. The molecule has 1 aliphatic rings. The smallest absolute Gasteiger partial charge is 0.231 e. The quantitative estimate of drug-likeness (QED) is 0.811. The topological polar surface area (TPSA) is 66.4 Å². The Hall–Kier alpha value is -1.63. The Morgan fingerprint density at radius 3 is 2.67 bits per heavy atom. The molecule has 0 bridgehead atoms. The fourth-order valence-electron chi connectivity index (χ4n) is 2.64. The lowest BCUT2D eigenvalue weighted by molar-refractivity contribution is 0.161. The van der Waals surface area contributed by atoms with E-state index in [2.05, 4.69) is 43.9 Å². The summed E-state index contributed by atoms with van der Waals surface area (Å²) in [4.78, 5) is 18.0. The minimum atomic E-state index is 0.557. The summed E-state index contributed by atoms with van der Waals surface area (Å²) in [7, 11) is 3.59. The molecule has 1 N–H and O–H groups in total. The molecule has 7 heteroatoms. The van der Waals surface area contributed by atoms with Gasteiger partial charge in [0.2, 0.25) is 17.8 Å². The van der Waals surface area contributed by atoms with Gasteiger partial charge in [-0.1, -0.05) is 0 Å². The van der Waals surface area contributed by atoms with Crippen LogP contribution in [-0.2, 0) is 4.74 Å². The van der Waals surface area contributed by atoms with Gasteiger partial charge in [-0.2, -0.15) is 15.0 Å². The van der Waals surface area contributed by atoms with E-state index in [0.29, 0.717) is 11.9 Å². The van der Waals surface area contributed by atoms with Crippen molar-refractivity contribution in [3.05, 3.63) is 0 Å². The number of methoxy groups -OCH3 is 1. The zero-order chi connectivity index (χ0) is 15.2. The number of aromatic nitrogens is 3. The van der Waals surface area contributed by atoms with Crippen LogP contribution >= 0.6 is 0 Å². The predicted octanol–water partition coefficient (Wildman–Crippen LogP) is 1.23. The van der Waals surface area contributed by atoms with E-state index >= 15 is 0 Å². The van der Waals surface area contributed by atoms with Gasteiger partial charge in [0.1, 0.15) is 0 Å². The number of anilines is 3. The van der Waals surface area contributed by atoms with E-state index in [1.165, 1.54) is 0 Å². The molecule has 7 nitrogen and oxygen atoms in total. The molecule has 1 aromatic heterocycles. The molecule has 0 spiro atoms. The number of hydrogen-bond acceptors (Lipinski definition) is 7. The molecule has 1 aromatic rings. The highest BCUT2D eigenvalue weighted by atomic mass is 16.5. The van der Waals surface area contributed by atoms with E-state index in [1.54, 1.807) is 7.11 Å². The molecular weight excluding hydrogens is 268 g/mol. The zero-order valence-corrected chi connectivity index (χ0v) is 13.5. The summed E-state index contributed by atoms with van der Waals surface area (Å²) in [6.07, 6.45) is 1.12. The molecule has 0 saturated carbocycles. The summed E-state index contributed by atoms with van der Waals surface area (Å²) in [5.74, 6) is 2.68. The van der Waals surface area contributed by atoms with Gasteiger partial charge in [-0.25, -0.2) is 0 Å². The summed E-state index contributed by atoms with van der Waals surface area (Å²) < 4.78 is 5.25. The van der Waals surface area contributed by atoms with E-state index in [9.17, 15) is 0 Å². The number of hydrogen-bond donors (Lipinski definition) is 1. The number of nitrogens with one attached hydrogen (secondary N) is 1. The van der Waals surface area contributed by atoms with Gasteiger partial charge in [0, 0.05) is 46.3 Å². The highest BCUT2D eigenvalue weighted by Gasteiger charge is 2.25. The Morgan fingerprint density at radius 1 is 1.29 bits per heavy atom. The molecule has 1 atom stereocenters. The number of nitrogens with zero attached hydrogens (tertiary/aromatic N) is 5. The van der Waals surface area contributed by atoms with Crippen LogP contribution in [0.5, 0.6) is 0 Å². The van der Waals surface area contributed by atoms with Crippen LogP contribution in [0.2, 0.25) is 0 Å². The Morgan fingerprint density at radius 2 is 2.05 bits per heavy atom. The fourth-order valence-corrected chi connectivity index (χ4v) is 2.64. The summed E-state index contributed by atoms with van der Waals surface area (Å²) >= 11 is 0. The average Bonchev–Trinajstić information content (AvgIpc) is 2.97. The average molecular weight is 294 g/mol. The largest absolute Gasteiger partial charge is 0.384 e. The highest BCUT2D eigenvalue weighted by Crippen LogP contribution is 2.23. The van der Waals surface area contributed by atoms with Crippen molar-refractivity contribution in [3.63, 3.8) is 0 Å². The molecule has 0 aromatic carbocycles. The third kappa shape index (κ3) is 3.72. The number of rotatable bonds is 7. The molecule has 1 aliphatic heterocycles. The van der Waals surface area contributed by atoms with E-state index < -0.39 is 0 Å². The molecule has 0 aliphatic carbocycles. The summed E-state index contributed by atoms with van der Waals surface area (Å²) in [5.41, 5.74) is 0. The normalized spacial score (nSPS) is 18.1. The maximum Gasteiger partial charge on any atom is 0.231 e. The van der Waals surface area contributed by atoms with Crippen molar-refractivity contribution < 1.29 is 4.74 Å². The van der Waals surface area contributed by atoms with Crippen LogP contribution in [0.1, 0.15) is 20.3 Å². The van der Waals surface area contributed by atoms with Crippen LogP contribution in [0.15, 0.2) is 0 Å². The lowest BCUT2D eigenvalue weighted by Crippen LogP contribution is -2.28. The van der Waals surface area contributed by atoms with Crippen molar-refractivity contribution in [2.45, 2.75) is 20.3 Å². The predicted molar refractivity (Wildman–Crippen MR) is 85.1 cm³/mol. The van der Waals surface area contributed by atoms with Gasteiger partial charge in [-0.15, -0.1) is 0 Å². The zero-order valence-electron chi connectivity index (χ0n) is 13.5. The monoisotopic (exact) mass is 294 g/mol. The van der Waals surface area contributed by atoms with Gasteiger partial charge < -0.3 is 19.9 Å². The van der Waals surface area contributed by atoms with Gasteiger partial charge in [-0.3, -0.25) is 0 Å². The summed E-state index contributed by atoms with van der Waals surface area (Å²) in [6.45, 7) is 8.69. The van der Waals surface area contributed by atoms with Gasteiger partial charge in [0.25, 0.3) is 0 Å². The van der Waals surface area contributed by atoms with Crippen LogP contribution in [0, 0.1) is 5.92 Å². The standard InChI is InChI=1S/C14H26N6O/c1-5-19(6-2)13-16-12(15-3)17-14(18-13)20-8-7-11(9-20)10-21-4/h11H,5-10H2,1-4H3,(H,15,16,17,18). The molecular formula is C14H26N6O. The third-order valence-corrected chi connectivity index (χ3v) is 3.85. The van der Waals surface area contributed by atoms with Crippen LogP contribution in [0.25, 0.3) is 0 Å². The maximum absolute atomic E-state index is 5.25. The van der Waals surface area contributed by atoms with Crippen LogP contribution < -0.4 is 15.1 Å². The Bertz CT molecular complexity index is 451. The Kier molecular flexibility index (Phi) is 5.55. The Labute approximate surface area is 126 Å². The molecule has 2 heterocycles. The Balaban J connectivity index is 2.21. The van der Waals surface area contributed by atoms with Crippen molar-refractivity contribution in [1.82, 2.24) is 15.0 Å². The molecule has 1 fully saturated rings. The van der Waals surface area contributed by atoms with E-state index in [4.69, 9.17) is 4.74 Å². The second-order valence-electron chi connectivity index (χ2n) is 5.24. The first-order chi connectivity index (χ1) is 10.2. The minimum Gasteiger partial charge on any atom is -0.384 e. The SMILES string of the molecule is CCN(CC)c1nc(NC)nc(N2CCC(COC)C2)n1.